The number of thioether (sulfide) groups is 1. The van der Waals surface area contributed by atoms with Gasteiger partial charge in [0.2, 0.25) is 5.82 Å². The minimum atomic E-state index is -0.291. The van der Waals surface area contributed by atoms with E-state index in [-0.39, 0.29) is 18.3 Å². The number of aliphatic hydroxyl groups excluding tert-OH is 1. The number of aryl methyl sites for hydroxylation is 2. The van der Waals surface area contributed by atoms with Crippen LogP contribution in [0.2, 0.25) is 0 Å². The molecule has 2 N–H and O–H groups in total. The summed E-state index contributed by atoms with van der Waals surface area (Å²) in [6.07, 6.45) is 0.775. The minimum Gasteiger partial charge on any atom is -0.396 e. The third kappa shape index (κ3) is 4.15. The van der Waals surface area contributed by atoms with E-state index in [0.717, 1.165) is 29.3 Å². The van der Waals surface area contributed by atoms with E-state index >= 15 is 0 Å². The molecule has 21 heavy (non-hydrogen) atoms. The zero-order valence-electron chi connectivity index (χ0n) is 12.2. The maximum absolute atomic E-state index is 12.0. The average Bonchev–Trinajstić information content (AvgIpc) is 2.86. The molecule has 7 nitrogen and oxygen atoms in total. The molecule has 0 aliphatic rings. The number of nitrogens with one attached hydrogen (secondary N) is 1. The summed E-state index contributed by atoms with van der Waals surface area (Å²) in [6.45, 7) is 4.53. The van der Waals surface area contributed by atoms with E-state index < -0.39 is 0 Å². The maximum Gasteiger partial charge on any atom is 0.291 e. The number of nitrogens with zero attached hydrogens (tertiary/aromatic N) is 4. The van der Waals surface area contributed by atoms with Crippen molar-refractivity contribution in [1.82, 2.24) is 24.9 Å². The normalized spacial score (nSPS) is 11.0. The standard InChI is InChI=1S/C13H19N5O2S/c1-9-8-10(2)18-13(15-9)16-11(17-18)12(20)14-4-7-21-6-3-5-19/h8,19H,3-7H2,1-2H3,(H,14,20). The molecule has 0 saturated carbocycles. The van der Waals surface area contributed by atoms with E-state index in [9.17, 15) is 4.79 Å². The van der Waals surface area contributed by atoms with E-state index in [4.69, 9.17) is 5.11 Å². The van der Waals surface area contributed by atoms with Gasteiger partial charge in [0.05, 0.1) is 0 Å². The summed E-state index contributed by atoms with van der Waals surface area (Å²) in [5.74, 6) is 1.98. The fraction of sp³-hybridized carbons (Fsp3) is 0.538. The largest absolute Gasteiger partial charge is 0.396 e. The second-order valence-electron chi connectivity index (χ2n) is 4.63. The average molecular weight is 309 g/mol. The molecule has 0 fully saturated rings. The Morgan fingerprint density at radius 2 is 2.19 bits per heavy atom. The molecule has 114 valence electrons. The van der Waals surface area contributed by atoms with Gasteiger partial charge in [-0.05, 0) is 32.1 Å². The van der Waals surface area contributed by atoms with Crippen LogP contribution in [0.4, 0.5) is 0 Å². The van der Waals surface area contributed by atoms with Crippen LogP contribution < -0.4 is 5.32 Å². The van der Waals surface area contributed by atoms with Gasteiger partial charge in [0.1, 0.15) is 0 Å². The van der Waals surface area contributed by atoms with Gasteiger partial charge in [-0.1, -0.05) is 0 Å². The predicted octanol–water partition coefficient (Wildman–Crippen LogP) is 0.587. The molecular formula is C13H19N5O2S. The van der Waals surface area contributed by atoms with Crippen molar-refractivity contribution in [2.45, 2.75) is 20.3 Å². The lowest BCUT2D eigenvalue weighted by Gasteiger charge is -2.01. The maximum atomic E-state index is 12.0. The van der Waals surface area contributed by atoms with Gasteiger partial charge in [-0.3, -0.25) is 4.79 Å². The monoisotopic (exact) mass is 309 g/mol. The van der Waals surface area contributed by atoms with Crippen molar-refractivity contribution in [1.29, 1.82) is 0 Å². The van der Waals surface area contributed by atoms with Gasteiger partial charge in [0.15, 0.2) is 0 Å². The Morgan fingerprint density at radius 3 is 2.95 bits per heavy atom. The smallest absolute Gasteiger partial charge is 0.291 e. The van der Waals surface area contributed by atoms with Crippen LogP contribution in [0.3, 0.4) is 0 Å². The van der Waals surface area contributed by atoms with Crippen molar-refractivity contribution in [3.63, 3.8) is 0 Å². The fourth-order valence-corrected chi connectivity index (χ4v) is 2.63. The summed E-state index contributed by atoms with van der Waals surface area (Å²) in [5.41, 5.74) is 1.74. The second kappa shape index (κ2) is 7.37. The first-order valence-electron chi connectivity index (χ1n) is 6.79. The van der Waals surface area contributed by atoms with Crippen molar-refractivity contribution >= 4 is 23.4 Å². The number of aliphatic hydroxyl groups is 1. The molecule has 2 aromatic rings. The highest BCUT2D eigenvalue weighted by Crippen LogP contribution is 2.05. The van der Waals surface area contributed by atoms with Gasteiger partial charge in [0.25, 0.3) is 11.7 Å². The number of hydrogen-bond acceptors (Lipinski definition) is 6. The van der Waals surface area contributed by atoms with Crippen LogP contribution in [0.15, 0.2) is 6.07 Å². The van der Waals surface area contributed by atoms with Crippen LogP contribution in [0.1, 0.15) is 28.4 Å². The highest BCUT2D eigenvalue weighted by atomic mass is 32.2. The number of fused-ring (bicyclic) bond motifs is 1. The molecular weight excluding hydrogens is 290 g/mol. The summed E-state index contributed by atoms with van der Waals surface area (Å²) < 4.78 is 1.57. The van der Waals surface area contributed by atoms with Crippen LogP contribution in [0, 0.1) is 13.8 Å². The molecule has 0 spiro atoms. The first-order chi connectivity index (χ1) is 10.1. The number of rotatable bonds is 7. The molecule has 8 heteroatoms. The predicted molar refractivity (Wildman–Crippen MR) is 81.6 cm³/mol. The summed E-state index contributed by atoms with van der Waals surface area (Å²) in [4.78, 5) is 20.4. The second-order valence-corrected chi connectivity index (χ2v) is 5.86. The highest BCUT2D eigenvalue weighted by Gasteiger charge is 2.14. The van der Waals surface area contributed by atoms with E-state index in [0.29, 0.717) is 12.3 Å². The molecule has 0 bridgehead atoms. The van der Waals surface area contributed by atoms with Crippen LogP contribution >= 0.6 is 11.8 Å². The Kier molecular flexibility index (Phi) is 5.51. The Morgan fingerprint density at radius 1 is 1.38 bits per heavy atom. The van der Waals surface area contributed by atoms with E-state index in [1.54, 1.807) is 16.3 Å². The molecule has 0 aliphatic carbocycles. The Balaban J connectivity index is 1.92. The van der Waals surface area contributed by atoms with Gasteiger partial charge in [0, 0.05) is 30.3 Å². The zero-order chi connectivity index (χ0) is 15.2. The van der Waals surface area contributed by atoms with Gasteiger partial charge in [-0.2, -0.15) is 16.7 Å². The van der Waals surface area contributed by atoms with Crippen molar-refractivity contribution in [2.75, 3.05) is 24.7 Å². The molecule has 0 radical (unpaired) electrons. The van der Waals surface area contributed by atoms with E-state index in [1.807, 2.05) is 19.9 Å². The van der Waals surface area contributed by atoms with Crippen molar-refractivity contribution in [3.8, 4) is 0 Å². The molecule has 0 aromatic carbocycles. The number of hydrogen-bond donors (Lipinski definition) is 2. The lowest BCUT2D eigenvalue weighted by atomic mass is 10.4. The SMILES string of the molecule is Cc1cc(C)n2nc(C(=O)NCCSCCCO)nc2n1. The fourth-order valence-electron chi connectivity index (χ4n) is 1.85. The van der Waals surface area contributed by atoms with Crippen LogP contribution in [0.5, 0.6) is 0 Å². The van der Waals surface area contributed by atoms with Crippen molar-refractivity contribution in [2.24, 2.45) is 0 Å². The van der Waals surface area contributed by atoms with Crippen molar-refractivity contribution < 1.29 is 9.90 Å². The Bertz CT molecular complexity index is 628. The number of carbonyl (C=O) groups excluding carboxylic acids is 1. The van der Waals surface area contributed by atoms with E-state index in [1.165, 1.54) is 0 Å². The molecule has 0 saturated heterocycles. The first kappa shape index (κ1) is 15.7. The van der Waals surface area contributed by atoms with Crippen LogP contribution in [-0.2, 0) is 0 Å². The van der Waals surface area contributed by atoms with Crippen LogP contribution in [0.25, 0.3) is 5.78 Å². The lowest BCUT2D eigenvalue weighted by Crippen LogP contribution is -2.27. The molecule has 1 amide bonds. The van der Waals surface area contributed by atoms with Gasteiger partial charge in [-0.15, -0.1) is 5.10 Å². The first-order valence-corrected chi connectivity index (χ1v) is 7.95. The van der Waals surface area contributed by atoms with Crippen LogP contribution in [-0.4, -0.2) is 55.3 Å². The minimum absolute atomic E-state index is 0.136. The zero-order valence-corrected chi connectivity index (χ0v) is 13.0. The number of carbonyl (C=O) groups is 1. The summed E-state index contributed by atoms with van der Waals surface area (Å²) in [6, 6.07) is 1.89. The molecule has 0 aliphatic heterocycles. The summed E-state index contributed by atoms with van der Waals surface area (Å²) >= 11 is 1.69. The molecule has 2 aromatic heterocycles. The molecule has 0 unspecified atom stereocenters. The quantitative estimate of drug-likeness (QED) is 0.727. The molecule has 0 atom stereocenters. The number of amides is 1. The van der Waals surface area contributed by atoms with Gasteiger partial charge in [-0.25, -0.2) is 9.50 Å². The van der Waals surface area contributed by atoms with Gasteiger partial charge < -0.3 is 10.4 Å². The molecule has 2 heterocycles. The lowest BCUT2D eigenvalue weighted by molar-refractivity contribution is 0.0946. The molecule has 2 rings (SSSR count). The highest BCUT2D eigenvalue weighted by molar-refractivity contribution is 7.99. The van der Waals surface area contributed by atoms with Gasteiger partial charge >= 0.3 is 0 Å². The third-order valence-corrected chi connectivity index (χ3v) is 3.87. The Hall–Kier alpha value is -1.67. The summed E-state index contributed by atoms with van der Waals surface area (Å²) in [5, 5.41) is 15.6. The third-order valence-electron chi connectivity index (χ3n) is 2.80. The number of aromatic nitrogens is 4. The Labute approximate surface area is 127 Å². The summed E-state index contributed by atoms with van der Waals surface area (Å²) in [7, 11) is 0. The van der Waals surface area contributed by atoms with E-state index in [2.05, 4.69) is 20.4 Å². The van der Waals surface area contributed by atoms with Crippen molar-refractivity contribution in [3.05, 3.63) is 23.3 Å². The topological polar surface area (TPSA) is 92.4 Å².